The Hall–Kier alpha value is -2.95. The number of anilines is 1. The molecule has 28 heavy (non-hydrogen) atoms. The third-order valence-electron chi connectivity index (χ3n) is 5.49. The first-order chi connectivity index (χ1) is 13.6. The molecule has 5 nitrogen and oxygen atoms in total. The zero-order valence-electron chi connectivity index (χ0n) is 16.5. The van der Waals surface area contributed by atoms with Gasteiger partial charge in [0.25, 0.3) is 5.91 Å². The maximum absolute atomic E-state index is 12.8. The van der Waals surface area contributed by atoms with Crippen LogP contribution in [0.5, 0.6) is 0 Å². The second kappa shape index (κ2) is 7.97. The largest absolute Gasteiger partial charge is 0.352 e. The molecule has 1 fully saturated rings. The van der Waals surface area contributed by atoms with Crippen LogP contribution >= 0.6 is 0 Å². The van der Waals surface area contributed by atoms with Crippen molar-refractivity contribution < 1.29 is 4.79 Å². The number of hydrogen-bond donors (Lipinski definition) is 1. The fraction of sp³-hybridized carbons (Fsp3) is 0.348. The van der Waals surface area contributed by atoms with E-state index >= 15 is 0 Å². The molecule has 5 heteroatoms. The van der Waals surface area contributed by atoms with E-state index in [1.165, 1.54) is 18.4 Å². The van der Waals surface area contributed by atoms with Crippen molar-refractivity contribution in [3.8, 4) is 0 Å². The molecule has 1 N–H and O–H groups in total. The highest BCUT2D eigenvalue weighted by molar-refractivity contribution is 6.07. The van der Waals surface area contributed by atoms with Crippen molar-refractivity contribution in [1.29, 1.82) is 0 Å². The van der Waals surface area contributed by atoms with Gasteiger partial charge in [0.15, 0.2) is 11.5 Å². The number of nitrogens with zero attached hydrogens (tertiary/aromatic N) is 3. The number of piperidine rings is 1. The third kappa shape index (κ3) is 3.70. The number of aromatic nitrogens is 2. The zero-order valence-corrected chi connectivity index (χ0v) is 16.5. The Morgan fingerprint density at radius 1 is 1.11 bits per heavy atom. The Kier molecular flexibility index (Phi) is 5.24. The van der Waals surface area contributed by atoms with E-state index in [1.807, 2.05) is 49.4 Å². The molecule has 0 spiro atoms. The lowest BCUT2D eigenvalue weighted by Crippen LogP contribution is -2.38. The Bertz CT molecular complexity index is 1000. The molecule has 1 aromatic heterocycles. The van der Waals surface area contributed by atoms with Crippen molar-refractivity contribution in [2.75, 3.05) is 11.4 Å². The lowest BCUT2D eigenvalue weighted by Gasteiger charge is -2.34. The minimum Gasteiger partial charge on any atom is -0.352 e. The van der Waals surface area contributed by atoms with E-state index in [0.29, 0.717) is 18.3 Å². The van der Waals surface area contributed by atoms with Gasteiger partial charge in [-0.3, -0.25) is 4.79 Å². The summed E-state index contributed by atoms with van der Waals surface area (Å²) in [4.78, 5) is 15.2. The first kappa shape index (κ1) is 18.4. The maximum Gasteiger partial charge on any atom is 0.272 e. The zero-order chi connectivity index (χ0) is 19.5. The van der Waals surface area contributed by atoms with Crippen LogP contribution in [0.3, 0.4) is 0 Å². The van der Waals surface area contributed by atoms with Crippen molar-refractivity contribution in [2.24, 2.45) is 0 Å². The van der Waals surface area contributed by atoms with E-state index in [9.17, 15) is 4.79 Å². The molecular formula is C23H26N4O. The summed E-state index contributed by atoms with van der Waals surface area (Å²) in [7, 11) is 0. The molecule has 2 heterocycles. The molecule has 1 unspecified atom stereocenters. The molecule has 0 radical (unpaired) electrons. The molecular weight excluding hydrogens is 348 g/mol. The minimum absolute atomic E-state index is 0.191. The Morgan fingerprint density at radius 2 is 1.93 bits per heavy atom. The number of nitrogens with one attached hydrogen (secondary N) is 1. The summed E-state index contributed by atoms with van der Waals surface area (Å²) in [6, 6.07) is 16.5. The van der Waals surface area contributed by atoms with Crippen molar-refractivity contribution in [3.05, 3.63) is 65.4 Å². The highest BCUT2D eigenvalue weighted by Gasteiger charge is 2.24. The van der Waals surface area contributed by atoms with Crippen LogP contribution in [-0.4, -0.2) is 28.7 Å². The number of hydrogen-bond acceptors (Lipinski definition) is 4. The summed E-state index contributed by atoms with van der Waals surface area (Å²) in [6.07, 6.45) is 3.58. The van der Waals surface area contributed by atoms with Gasteiger partial charge in [-0.25, -0.2) is 0 Å². The molecule has 1 amide bonds. The fourth-order valence-corrected chi connectivity index (χ4v) is 3.97. The second-order valence-electron chi connectivity index (χ2n) is 7.63. The number of carbonyl (C=O) groups is 1. The van der Waals surface area contributed by atoms with Crippen LogP contribution in [0.25, 0.3) is 10.8 Å². The maximum atomic E-state index is 12.8. The topological polar surface area (TPSA) is 58.1 Å². The van der Waals surface area contributed by atoms with E-state index in [0.717, 1.165) is 35.1 Å². The number of benzene rings is 2. The predicted octanol–water partition coefficient (Wildman–Crippen LogP) is 4.25. The molecule has 0 aliphatic carbocycles. The summed E-state index contributed by atoms with van der Waals surface area (Å²) >= 11 is 0. The highest BCUT2D eigenvalue weighted by Crippen LogP contribution is 2.30. The van der Waals surface area contributed by atoms with Gasteiger partial charge in [-0.1, -0.05) is 54.1 Å². The number of aryl methyl sites for hydroxylation is 1. The lowest BCUT2D eigenvalue weighted by atomic mass is 10.0. The molecule has 1 aliphatic rings. The molecule has 2 aromatic carbocycles. The Labute approximate surface area is 165 Å². The summed E-state index contributed by atoms with van der Waals surface area (Å²) in [6.45, 7) is 5.74. The van der Waals surface area contributed by atoms with E-state index in [2.05, 4.69) is 33.4 Å². The molecule has 1 aliphatic heterocycles. The normalized spacial score (nSPS) is 16.9. The van der Waals surface area contributed by atoms with Gasteiger partial charge in [0.05, 0.1) is 0 Å². The van der Waals surface area contributed by atoms with Crippen LogP contribution in [0, 0.1) is 6.92 Å². The summed E-state index contributed by atoms with van der Waals surface area (Å²) < 4.78 is 0. The number of carbonyl (C=O) groups excluding carboxylic acids is 1. The van der Waals surface area contributed by atoms with Crippen molar-refractivity contribution in [2.45, 2.75) is 45.7 Å². The van der Waals surface area contributed by atoms with Gasteiger partial charge in [-0.05, 0) is 38.7 Å². The van der Waals surface area contributed by atoms with E-state index in [-0.39, 0.29) is 5.91 Å². The van der Waals surface area contributed by atoms with Gasteiger partial charge in [0.1, 0.15) is 0 Å². The number of fused-ring (bicyclic) bond motifs is 1. The molecule has 0 bridgehead atoms. The third-order valence-corrected chi connectivity index (χ3v) is 5.49. The smallest absolute Gasteiger partial charge is 0.272 e. The van der Waals surface area contributed by atoms with Gasteiger partial charge in [-0.15, -0.1) is 10.2 Å². The quantitative estimate of drug-likeness (QED) is 0.742. The van der Waals surface area contributed by atoms with Crippen LogP contribution in [0.2, 0.25) is 0 Å². The van der Waals surface area contributed by atoms with Crippen molar-refractivity contribution >= 4 is 22.5 Å². The number of amides is 1. The molecule has 3 aromatic rings. The lowest BCUT2D eigenvalue weighted by molar-refractivity contribution is 0.0947. The average Bonchev–Trinajstić information content (AvgIpc) is 2.72. The van der Waals surface area contributed by atoms with Crippen LogP contribution in [0.4, 0.5) is 5.82 Å². The minimum atomic E-state index is -0.191. The van der Waals surface area contributed by atoms with Crippen LogP contribution in [0.15, 0.2) is 48.5 Å². The van der Waals surface area contributed by atoms with Gasteiger partial charge in [0, 0.05) is 29.9 Å². The molecule has 144 valence electrons. The number of rotatable bonds is 4. The van der Waals surface area contributed by atoms with Crippen LogP contribution in [-0.2, 0) is 6.54 Å². The van der Waals surface area contributed by atoms with Gasteiger partial charge in [-0.2, -0.15) is 0 Å². The first-order valence-electron chi connectivity index (χ1n) is 9.99. The fourth-order valence-electron chi connectivity index (χ4n) is 3.97. The van der Waals surface area contributed by atoms with E-state index < -0.39 is 0 Å². The SMILES string of the molecule is Cc1cccc(CNC(=O)c2nnc(N3CCCCC3C)c3ccccc23)c1. The van der Waals surface area contributed by atoms with Gasteiger partial charge >= 0.3 is 0 Å². The Morgan fingerprint density at radius 3 is 2.71 bits per heavy atom. The van der Waals surface area contributed by atoms with Gasteiger partial charge in [0.2, 0.25) is 0 Å². The highest BCUT2D eigenvalue weighted by atomic mass is 16.1. The van der Waals surface area contributed by atoms with Crippen LogP contribution < -0.4 is 10.2 Å². The van der Waals surface area contributed by atoms with E-state index in [4.69, 9.17) is 0 Å². The summed E-state index contributed by atoms with van der Waals surface area (Å²) in [5, 5.41) is 13.7. The first-order valence-corrected chi connectivity index (χ1v) is 9.99. The summed E-state index contributed by atoms with van der Waals surface area (Å²) in [5.41, 5.74) is 2.64. The van der Waals surface area contributed by atoms with Crippen molar-refractivity contribution in [3.63, 3.8) is 0 Å². The summed E-state index contributed by atoms with van der Waals surface area (Å²) in [5.74, 6) is 0.696. The van der Waals surface area contributed by atoms with Crippen molar-refractivity contribution in [1.82, 2.24) is 15.5 Å². The van der Waals surface area contributed by atoms with Gasteiger partial charge < -0.3 is 10.2 Å². The van der Waals surface area contributed by atoms with E-state index in [1.54, 1.807) is 0 Å². The van der Waals surface area contributed by atoms with Crippen LogP contribution in [0.1, 0.15) is 47.8 Å². The monoisotopic (exact) mass is 374 g/mol. The average molecular weight is 374 g/mol. The molecule has 1 saturated heterocycles. The Balaban J connectivity index is 1.63. The molecule has 4 rings (SSSR count). The standard InChI is InChI=1S/C23H26N4O/c1-16-8-7-10-18(14-16)15-24-23(28)21-19-11-3-4-12-20(19)22(26-25-21)27-13-6-5-9-17(27)2/h3-4,7-8,10-12,14,17H,5-6,9,13,15H2,1-2H3,(H,24,28). The predicted molar refractivity (Wildman–Crippen MR) is 113 cm³/mol. The molecule has 0 saturated carbocycles. The second-order valence-corrected chi connectivity index (χ2v) is 7.63. The molecule has 1 atom stereocenters.